The Morgan fingerprint density at radius 2 is 1.86 bits per heavy atom. The lowest BCUT2D eigenvalue weighted by Gasteiger charge is -2.24. The fourth-order valence-corrected chi connectivity index (χ4v) is 5.12. The fraction of sp³-hybridized carbons (Fsp3) is 0.222. The highest BCUT2D eigenvalue weighted by atomic mass is 32.1. The molecule has 0 bridgehead atoms. The van der Waals surface area contributed by atoms with Crippen molar-refractivity contribution in [3.63, 3.8) is 0 Å². The normalized spacial score (nSPS) is 14.2. The molecule has 174 valence electrons. The Labute approximate surface area is 207 Å². The maximum Gasteiger partial charge on any atom is 0.151 e. The number of morpholine rings is 1. The van der Waals surface area contributed by atoms with Crippen LogP contribution in [0.25, 0.3) is 21.3 Å². The van der Waals surface area contributed by atoms with Crippen LogP contribution in [0.4, 0.5) is 11.5 Å². The highest BCUT2D eigenvalue weighted by Gasteiger charge is 2.11. The zero-order valence-corrected chi connectivity index (χ0v) is 20.0. The molecule has 6 rings (SSSR count). The molecule has 7 nitrogen and oxygen atoms in total. The Kier molecular flexibility index (Phi) is 6.11. The third-order valence-corrected chi connectivity index (χ3v) is 7.06. The molecule has 1 aliphatic rings. The summed E-state index contributed by atoms with van der Waals surface area (Å²) in [7, 11) is 0. The van der Waals surface area contributed by atoms with Crippen LogP contribution in [0.15, 0.2) is 67.3 Å². The van der Waals surface area contributed by atoms with Gasteiger partial charge in [-0.1, -0.05) is 42.2 Å². The van der Waals surface area contributed by atoms with E-state index in [1.807, 2.05) is 18.5 Å². The first-order chi connectivity index (χ1) is 17.3. The molecule has 2 aromatic carbocycles. The van der Waals surface area contributed by atoms with Gasteiger partial charge in [-0.25, -0.2) is 15.0 Å². The summed E-state index contributed by atoms with van der Waals surface area (Å²) in [6.07, 6.45) is 3.49. The van der Waals surface area contributed by atoms with Crippen molar-refractivity contribution >= 4 is 44.1 Å². The van der Waals surface area contributed by atoms with Gasteiger partial charge >= 0.3 is 0 Å². The van der Waals surface area contributed by atoms with Crippen molar-refractivity contribution in [2.45, 2.75) is 6.54 Å². The molecule has 0 spiro atoms. The summed E-state index contributed by atoms with van der Waals surface area (Å²) in [5.41, 5.74) is 5.13. The van der Waals surface area contributed by atoms with Gasteiger partial charge in [-0.05, 0) is 29.8 Å². The van der Waals surface area contributed by atoms with Gasteiger partial charge in [0.25, 0.3) is 0 Å². The molecule has 8 heteroatoms. The summed E-state index contributed by atoms with van der Waals surface area (Å²) in [6.45, 7) is 5.00. The van der Waals surface area contributed by atoms with Gasteiger partial charge in [-0.3, -0.25) is 4.90 Å². The number of imidazole rings is 1. The van der Waals surface area contributed by atoms with E-state index < -0.39 is 0 Å². The van der Waals surface area contributed by atoms with E-state index in [1.54, 1.807) is 17.7 Å². The molecule has 0 saturated carbocycles. The van der Waals surface area contributed by atoms with Crippen LogP contribution in [0.3, 0.4) is 0 Å². The highest BCUT2D eigenvalue weighted by molar-refractivity contribution is 7.20. The maximum absolute atomic E-state index is 5.40. The topological polar surface area (TPSA) is 68.1 Å². The number of benzene rings is 2. The summed E-state index contributed by atoms with van der Waals surface area (Å²) in [6, 6.07) is 18.7. The SMILES string of the molecule is C(#Cc1cc2ncnc(Nc3ccc4c(c3)ncn4Cc3ccccc3)c2s1)CN1CCOCC1. The third kappa shape index (κ3) is 4.88. The zero-order valence-electron chi connectivity index (χ0n) is 19.1. The number of thiophene rings is 1. The highest BCUT2D eigenvalue weighted by Crippen LogP contribution is 2.31. The van der Waals surface area contributed by atoms with Crippen molar-refractivity contribution in [1.82, 2.24) is 24.4 Å². The number of hydrogen-bond donors (Lipinski definition) is 1. The summed E-state index contributed by atoms with van der Waals surface area (Å²) in [4.78, 5) is 16.9. The number of fused-ring (bicyclic) bond motifs is 2. The minimum absolute atomic E-state index is 0.755. The van der Waals surface area contributed by atoms with E-state index in [0.29, 0.717) is 0 Å². The Morgan fingerprint density at radius 3 is 2.74 bits per heavy atom. The summed E-state index contributed by atoms with van der Waals surface area (Å²) >= 11 is 1.61. The molecular formula is C27H24N6OS. The minimum Gasteiger partial charge on any atom is -0.379 e. The van der Waals surface area contributed by atoms with Gasteiger partial charge in [-0.2, -0.15) is 0 Å². The zero-order chi connectivity index (χ0) is 23.5. The average molecular weight is 481 g/mol. The van der Waals surface area contributed by atoms with Crippen LogP contribution in [-0.2, 0) is 11.3 Å². The standard InChI is InChI=1S/C27H24N6OS/c1-2-5-20(6-3-1)17-33-19-30-23-15-21(8-9-25(23)33)31-27-26-24(28-18-29-27)16-22(35-26)7-4-10-32-11-13-34-14-12-32/h1-3,5-6,8-9,15-16,18-19H,10-14,17H2,(H,28,29,31). The van der Waals surface area contributed by atoms with E-state index in [9.17, 15) is 0 Å². The van der Waals surface area contributed by atoms with Gasteiger partial charge in [-0.15, -0.1) is 11.3 Å². The van der Waals surface area contributed by atoms with Crippen molar-refractivity contribution in [2.75, 3.05) is 38.2 Å². The lowest BCUT2D eigenvalue weighted by Crippen LogP contribution is -2.36. The van der Waals surface area contributed by atoms with E-state index in [4.69, 9.17) is 4.74 Å². The van der Waals surface area contributed by atoms with E-state index in [0.717, 1.165) is 77.0 Å². The molecule has 0 amide bonds. The molecular weight excluding hydrogens is 456 g/mol. The molecule has 1 fully saturated rings. The molecule has 0 radical (unpaired) electrons. The second kappa shape index (κ2) is 9.84. The third-order valence-electron chi connectivity index (χ3n) is 6.01. The smallest absolute Gasteiger partial charge is 0.151 e. The monoisotopic (exact) mass is 480 g/mol. The first-order valence-electron chi connectivity index (χ1n) is 11.6. The van der Waals surface area contributed by atoms with Gasteiger partial charge in [0, 0.05) is 25.3 Å². The number of hydrogen-bond acceptors (Lipinski definition) is 7. The maximum atomic E-state index is 5.40. The number of anilines is 2. The van der Waals surface area contributed by atoms with Crippen LogP contribution < -0.4 is 5.32 Å². The summed E-state index contributed by atoms with van der Waals surface area (Å²) in [5, 5.41) is 3.46. The summed E-state index contributed by atoms with van der Waals surface area (Å²) < 4.78 is 8.56. The van der Waals surface area contributed by atoms with Crippen molar-refractivity contribution in [3.8, 4) is 11.8 Å². The quantitative estimate of drug-likeness (QED) is 0.373. The van der Waals surface area contributed by atoms with Crippen LogP contribution in [0.1, 0.15) is 10.4 Å². The number of nitrogens with one attached hydrogen (secondary N) is 1. The van der Waals surface area contributed by atoms with Crippen molar-refractivity contribution in [1.29, 1.82) is 0 Å². The molecule has 1 N–H and O–H groups in total. The van der Waals surface area contributed by atoms with Crippen LogP contribution in [-0.4, -0.2) is 57.3 Å². The van der Waals surface area contributed by atoms with E-state index in [2.05, 4.69) is 84.0 Å². The van der Waals surface area contributed by atoms with E-state index >= 15 is 0 Å². The predicted octanol–water partition coefficient (Wildman–Crippen LogP) is 4.52. The van der Waals surface area contributed by atoms with Gasteiger partial charge < -0.3 is 14.6 Å². The van der Waals surface area contributed by atoms with E-state index in [1.165, 1.54) is 5.56 Å². The minimum atomic E-state index is 0.755. The van der Waals surface area contributed by atoms with Crippen molar-refractivity contribution in [2.24, 2.45) is 0 Å². The van der Waals surface area contributed by atoms with Crippen LogP contribution >= 0.6 is 11.3 Å². The van der Waals surface area contributed by atoms with Crippen LogP contribution in [0.5, 0.6) is 0 Å². The number of ether oxygens (including phenoxy) is 1. The Bertz CT molecular complexity index is 1530. The first-order valence-corrected chi connectivity index (χ1v) is 12.4. The second-order valence-corrected chi connectivity index (χ2v) is 9.48. The first kappa shape index (κ1) is 21.7. The molecule has 0 unspecified atom stereocenters. The Hall–Kier alpha value is -3.77. The molecule has 1 aliphatic heterocycles. The van der Waals surface area contributed by atoms with Crippen molar-refractivity contribution in [3.05, 3.63) is 77.7 Å². The van der Waals surface area contributed by atoms with E-state index in [-0.39, 0.29) is 0 Å². The lowest BCUT2D eigenvalue weighted by atomic mass is 10.2. The Balaban J connectivity index is 1.21. The fourth-order valence-electron chi connectivity index (χ4n) is 4.19. The van der Waals surface area contributed by atoms with Gasteiger partial charge in [0.15, 0.2) is 5.82 Å². The lowest BCUT2D eigenvalue weighted by molar-refractivity contribution is 0.0443. The second-order valence-electron chi connectivity index (χ2n) is 8.42. The van der Waals surface area contributed by atoms with Gasteiger partial charge in [0.2, 0.25) is 0 Å². The van der Waals surface area contributed by atoms with Gasteiger partial charge in [0.05, 0.1) is 52.2 Å². The molecule has 0 atom stereocenters. The molecule has 35 heavy (non-hydrogen) atoms. The largest absolute Gasteiger partial charge is 0.379 e. The van der Waals surface area contributed by atoms with Gasteiger partial charge in [0.1, 0.15) is 6.33 Å². The number of nitrogens with zero attached hydrogens (tertiary/aromatic N) is 5. The number of rotatable bonds is 5. The molecule has 5 aromatic rings. The number of aromatic nitrogens is 4. The predicted molar refractivity (Wildman–Crippen MR) is 140 cm³/mol. The molecule has 4 heterocycles. The van der Waals surface area contributed by atoms with Crippen molar-refractivity contribution < 1.29 is 4.74 Å². The van der Waals surface area contributed by atoms with Crippen LogP contribution in [0.2, 0.25) is 0 Å². The Morgan fingerprint density at radius 1 is 0.971 bits per heavy atom. The molecule has 1 saturated heterocycles. The molecule has 3 aromatic heterocycles. The summed E-state index contributed by atoms with van der Waals surface area (Å²) in [5.74, 6) is 7.37. The van der Waals surface area contributed by atoms with Crippen LogP contribution in [0, 0.1) is 11.8 Å². The average Bonchev–Trinajstić information content (AvgIpc) is 3.50. The molecule has 0 aliphatic carbocycles.